The molecule has 0 aromatic carbocycles. The third kappa shape index (κ3) is 3.56. The molecule has 20 heavy (non-hydrogen) atoms. The van der Waals surface area contributed by atoms with E-state index >= 15 is 0 Å². The van der Waals surface area contributed by atoms with Gasteiger partial charge < -0.3 is 5.32 Å². The molecule has 112 valence electrons. The molecule has 0 aliphatic heterocycles. The number of aromatic nitrogens is 1. The Bertz CT molecular complexity index is 435. The third-order valence-corrected chi connectivity index (χ3v) is 5.66. The molecule has 0 radical (unpaired) electrons. The summed E-state index contributed by atoms with van der Waals surface area (Å²) in [4.78, 5) is 4.64. The summed E-state index contributed by atoms with van der Waals surface area (Å²) in [5, 5.41) is 4.65. The first-order chi connectivity index (χ1) is 9.52. The molecule has 3 unspecified atom stereocenters. The van der Waals surface area contributed by atoms with Crippen LogP contribution in [0.5, 0.6) is 0 Å². The molecule has 1 fully saturated rings. The quantitative estimate of drug-likeness (QED) is 0.894. The predicted octanol–water partition coefficient (Wildman–Crippen LogP) is 4.33. The van der Waals surface area contributed by atoms with E-state index in [0.717, 1.165) is 10.9 Å². The summed E-state index contributed by atoms with van der Waals surface area (Å²) in [5.74, 6) is 0. The van der Waals surface area contributed by atoms with E-state index in [1.807, 2.05) is 11.8 Å². The largest absolute Gasteiger partial charge is 0.306 e. The van der Waals surface area contributed by atoms with Gasteiger partial charge in [-0.1, -0.05) is 12.8 Å². The van der Waals surface area contributed by atoms with E-state index in [9.17, 15) is 0 Å². The molecule has 2 nitrogen and oxygen atoms in total. The highest BCUT2D eigenvalue weighted by Crippen LogP contribution is 2.30. The maximum Gasteiger partial charge on any atom is 0.0426 e. The lowest BCUT2D eigenvalue weighted by Gasteiger charge is -2.34. The maximum atomic E-state index is 4.64. The lowest BCUT2D eigenvalue weighted by atomic mass is 9.92. The molecule has 2 rings (SSSR count). The Kier molecular flexibility index (Phi) is 5.50. The fraction of sp³-hybridized carbons (Fsp3) is 0.706. The van der Waals surface area contributed by atoms with Crippen molar-refractivity contribution in [1.82, 2.24) is 10.3 Å². The van der Waals surface area contributed by atoms with Gasteiger partial charge in [-0.15, -0.1) is 0 Å². The molecule has 1 heterocycles. The number of nitrogens with zero attached hydrogens (tertiary/aromatic N) is 1. The van der Waals surface area contributed by atoms with Crippen LogP contribution in [0.4, 0.5) is 0 Å². The molecular formula is C17H28N2S. The van der Waals surface area contributed by atoms with Crippen molar-refractivity contribution in [3.8, 4) is 0 Å². The van der Waals surface area contributed by atoms with Crippen LogP contribution in [0.3, 0.4) is 0 Å². The standard InChI is InChI=1S/C17H28N2S/c1-11-10-12(2)18-13(3)17(11)14(4)19-15-8-6-7-9-16(15)20-5/h10,14-16,19H,6-9H2,1-5H3. The van der Waals surface area contributed by atoms with Crippen LogP contribution < -0.4 is 5.32 Å². The molecule has 1 N–H and O–H groups in total. The normalized spacial score (nSPS) is 24.6. The van der Waals surface area contributed by atoms with E-state index in [-0.39, 0.29) is 0 Å². The topological polar surface area (TPSA) is 24.9 Å². The van der Waals surface area contributed by atoms with E-state index in [0.29, 0.717) is 12.1 Å². The van der Waals surface area contributed by atoms with Crippen molar-refractivity contribution in [1.29, 1.82) is 0 Å². The van der Waals surface area contributed by atoms with Gasteiger partial charge in [-0.2, -0.15) is 11.8 Å². The highest BCUT2D eigenvalue weighted by Gasteiger charge is 2.26. The second kappa shape index (κ2) is 6.95. The van der Waals surface area contributed by atoms with Crippen molar-refractivity contribution in [3.05, 3.63) is 28.6 Å². The fourth-order valence-corrected chi connectivity index (χ4v) is 4.61. The summed E-state index contributed by atoms with van der Waals surface area (Å²) in [7, 11) is 0. The zero-order valence-electron chi connectivity index (χ0n) is 13.5. The lowest BCUT2D eigenvalue weighted by molar-refractivity contribution is 0.355. The van der Waals surface area contributed by atoms with E-state index < -0.39 is 0 Å². The molecular weight excluding hydrogens is 264 g/mol. The number of pyridine rings is 1. The first-order valence-corrected chi connectivity index (χ1v) is 9.05. The zero-order valence-corrected chi connectivity index (χ0v) is 14.3. The van der Waals surface area contributed by atoms with E-state index in [1.165, 1.54) is 42.5 Å². The number of hydrogen-bond acceptors (Lipinski definition) is 3. The Hall–Kier alpha value is -0.540. The number of nitrogens with one attached hydrogen (secondary N) is 1. The second-order valence-corrected chi connectivity index (χ2v) is 7.21. The predicted molar refractivity (Wildman–Crippen MR) is 89.6 cm³/mol. The first-order valence-electron chi connectivity index (χ1n) is 7.76. The van der Waals surface area contributed by atoms with Crippen molar-refractivity contribution >= 4 is 11.8 Å². The van der Waals surface area contributed by atoms with Gasteiger partial charge in [0.25, 0.3) is 0 Å². The van der Waals surface area contributed by atoms with Crippen LogP contribution in [-0.2, 0) is 0 Å². The SMILES string of the molecule is CSC1CCCCC1NC(C)c1c(C)cc(C)nc1C. The van der Waals surface area contributed by atoms with Crippen LogP contribution in [0.1, 0.15) is 61.2 Å². The van der Waals surface area contributed by atoms with E-state index in [4.69, 9.17) is 0 Å². The molecule has 0 spiro atoms. The number of hydrogen-bond donors (Lipinski definition) is 1. The molecule has 1 saturated carbocycles. The molecule has 1 aromatic rings. The zero-order chi connectivity index (χ0) is 14.7. The molecule has 0 bridgehead atoms. The van der Waals surface area contributed by atoms with Gasteiger partial charge in [-0.25, -0.2) is 0 Å². The molecule has 1 aliphatic rings. The number of aryl methyl sites for hydroxylation is 3. The molecule has 0 amide bonds. The van der Waals surface area contributed by atoms with Crippen molar-refractivity contribution in [2.75, 3.05) is 6.26 Å². The van der Waals surface area contributed by atoms with Gasteiger partial charge in [-0.3, -0.25) is 4.98 Å². The highest BCUT2D eigenvalue weighted by molar-refractivity contribution is 7.99. The van der Waals surface area contributed by atoms with Gasteiger partial charge in [0.05, 0.1) is 0 Å². The van der Waals surface area contributed by atoms with Crippen molar-refractivity contribution < 1.29 is 0 Å². The highest BCUT2D eigenvalue weighted by atomic mass is 32.2. The van der Waals surface area contributed by atoms with Crippen molar-refractivity contribution in [2.24, 2.45) is 0 Å². The van der Waals surface area contributed by atoms with E-state index in [2.05, 4.69) is 50.3 Å². The molecule has 0 saturated heterocycles. The Morgan fingerprint density at radius 2 is 1.95 bits per heavy atom. The fourth-order valence-electron chi connectivity index (χ4n) is 3.66. The van der Waals surface area contributed by atoms with Crippen LogP contribution in [0, 0.1) is 20.8 Å². The van der Waals surface area contributed by atoms with Crippen LogP contribution in [0.2, 0.25) is 0 Å². The van der Waals surface area contributed by atoms with Gasteiger partial charge in [-0.05, 0) is 64.0 Å². The van der Waals surface area contributed by atoms with Gasteiger partial charge >= 0.3 is 0 Å². The Balaban J connectivity index is 2.13. The van der Waals surface area contributed by atoms with Crippen molar-refractivity contribution in [2.45, 2.75) is 70.7 Å². The number of rotatable bonds is 4. The van der Waals surface area contributed by atoms with Gasteiger partial charge in [0.1, 0.15) is 0 Å². The van der Waals surface area contributed by atoms with Crippen LogP contribution in [0.15, 0.2) is 6.07 Å². The molecule has 3 atom stereocenters. The van der Waals surface area contributed by atoms with E-state index in [1.54, 1.807) is 0 Å². The Labute approximate surface area is 128 Å². The second-order valence-electron chi connectivity index (χ2n) is 6.13. The third-order valence-electron chi connectivity index (χ3n) is 4.49. The monoisotopic (exact) mass is 292 g/mol. The Morgan fingerprint density at radius 1 is 1.25 bits per heavy atom. The summed E-state index contributed by atoms with van der Waals surface area (Å²) in [5.41, 5.74) is 5.06. The minimum absolute atomic E-state index is 0.390. The molecule has 1 aromatic heterocycles. The van der Waals surface area contributed by atoms with Crippen LogP contribution >= 0.6 is 11.8 Å². The maximum absolute atomic E-state index is 4.64. The first kappa shape index (κ1) is 15.8. The summed E-state index contributed by atoms with van der Waals surface area (Å²) in [6.45, 7) is 8.72. The Morgan fingerprint density at radius 3 is 2.60 bits per heavy atom. The summed E-state index contributed by atoms with van der Waals surface area (Å²) >= 11 is 2.02. The van der Waals surface area contributed by atoms with Gasteiger partial charge in [0.15, 0.2) is 0 Å². The molecule has 3 heteroatoms. The minimum Gasteiger partial charge on any atom is -0.306 e. The van der Waals surface area contributed by atoms with Crippen LogP contribution in [-0.4, -0.2) is 22.5 Å². The summed E-state index contributed by atoms with van der Waals surface area (Å²) < 4.78 is 0. The van der Waals surface area contributed by atoms with Gasteiger partial charge in [0.2, 0.25) is 0 Å². The van der Waals surface area contributed by atoms with Crippen LogP contribution in [0.25, 0.3) is 0 Å². The number of thioether (sulfide) groups is 1. The average Bonchev–Trinajstić information content (AvgIpc) is 2.38. The molecule has 1 aliphatic carbocycles. The summed E-state index contributed by atoms with van der Waals surface area (Å²) in [6, 6.07) is 3.24. The summed E-state index contributed by atoms with van der Waals surface area (Å²) in [6.07, 6.45) is 7.68. The minimum atomic E-state index is 0.390. The van der Waals surface area contributed by atoms with Gasteiger partial charge in [0, 0.05) is 28.7 Å². The van der Waals surface area contributed by atoms with Crippen molar-refractivity contribution in [3.63, 3.8) is 0 Å². The lowest BCUT2D eigenvalue weighted by Crippen LogP contribution is -2.42. The average molecular weight is 292 g/mol. The smallest absolute Gasteiger partial charge is 0.0426 e.